The van der Waals surface area contributed by atoms with Crippen LogP contribution in [-0.4, -0.2) is 62.0 Å². The molecule has 0 radical (unpaired) electrons. The highest BCUT2D eigenvalue weighted by molar-refractivity contribution is 8.18. The number of hydrogen-bond acceptors (Lipinski definition) is 9. The van der Waals surface area contributed by atoms with Gasteiger partial charge in [0.2, 0.25) is 0 Å². The molecular weight excluding hydrogens is 390 g/mol. The Morgan fingerprint density at radius 3 is 2.43 bits per heavy atom. The number of rotatable bonds is 8. The van der Waals surface area contributed by atoms with E-state index in [2.05, 4.69) is 9.47 Å². The molecule has 10 heteroatoms. The van der Waals surface area contributed by atoms with Gasteiger partial charge in [-0.3, -0.25) is 19.3 Å². The van der Waals surface area contributed by atoms with E-state index in [0.29, 0.717) is 23.7 Å². The SMILES string of the molecule is CCOc1cc(/C=C2/SC(=O)N(CC(=O)OC)C2=O)ccc1OCC(=O)OC. The van der Waals surface area contributed by atoms with Crippen LogP contribution in [0.5, 0.6) is 11.5 Å². The zero-order valence-corrected chi connectivity index (χ0v) is 16.4. The third-order valence-electron chi connectivity index (χ3n) is 3.53. The highest BCUT2D eigenvalue weighted by Crippen LogP contribution is 2.34. The maximum atomic E-state index is 12.4. The number of esters is 2. The zero-order valence-electron chi connectivity index (χ0n) is 15.6. The molecule has 2 amide bonds. The molecule has 2 rings (SSSR count). The summed E-state index contributed by atoms with van der Waals surface area (Å²) in [7, 11) is 2.43. The maximum Gasteiger partial charge on any atom is 0.343 e. The average Bonchev–Trinajstić information content (AvgIpc) is 2.94. The van der Waals surface area contributed by atoms with E-state index in [4.69, 9.17) is 9.47 Å². The lowest BCUT2D eigenvalue weighted by Crippen LogP contribution is -2.34. The molecule has 0 bridgehead atoms. The van der Waals surface area contributed by atoms with Crippen molar-refractivity contribution in [2.24, 2.45) is 0 Å². The Balaban J connectivity index is 2.21. The molecule has 0 N–H and O–H groups in total. The van der Waals surface area contributed by atoms with Crippen LogP contribution in [0.25, 0.3) is 6.08 Å². The van der Waals surface area contributed by atoms with Gasteiger partial charge in [-0.1, -0.05) is 6.07 Å². The van der Waals surface area contributed by atoms with Crippen molar-refractivity contribution in [1.29, 1.82) is 0 Å². The maximum absolute atomic E-state index is 12.4. The van der Waals surface area contributed by atoms with Crippen molar-refractivity contribution >= 4 is 40.9 Å². The minimum Gasteiger partial charge on any atom is -0.490 e. The van der Waals surface area contributed by atoms with Crippen LogP contribution in [0.2, 0.25) is 0 Å². The molecule has 9 nitrogen and oxygen atoms in total. The first-order valence-electron chi connectivity index (χ1n) is 8.18. The summed E-state index contributed by atoms with van der Waals surface area (Å²) in [6.07, 6.45) is 1.51. The van der Waals surface area contributed by atoms with Gasteiger partial charge in [0.05, 0.1) is 25.7 Å². The second-order valence-electron chi connectivity index (χ2n) is 5.35. The first kappa shape index (κ1) is 21.3. The van der Waals surface area contributed by atoms with Gasteiger partial charge in [0.1, 0.15) is 6.54 Å². The molecule has 1 aliphatic rings. The molecule has 1 saturated heterocycles. The molecule has 28 heavy (non-hydrogen) atoms. The Kier molecular flexibility index (Phi) is 7.44. The lowest BCUT2D eigenvalue weighted by Gasteiger charge is -2.12. The van der Waals surface area contributed by atoms with Crippen LogP contribution in [0.3, 0.4) is 0 Å². The lowest BCUT2D eigenvalue weighted by molar-refractivity contribution is -0.143. The summed E-state index contributed by atoms with van der Waals surface area (Å²) < 4.78 is 19.9. The van der Waals surface area contributed by atoms with Crippen LogP contribution < -0.4 is 9.47 Å². The van der Waals surface area contributed by atoms with Crippen molar-refractivity contribution in [3.8, 4) is 11.5 Å². The monoisotopic (exact) mass is 409 g/mol. The zero-order chi connectivity index (χ0) is 20.7. The molecule has 0 saturated carbocycles. The Hall–Kier alpha value is -3.01. The van der Waals surface area contributed by atoms with Crippen molar-refractivity contribution in [2.75, 3.05) is 34.0 Å². The van der Waals surface area contributed by atoms with E-state index in [0.717, 1.165) is 16.7 Å². The molecule has 0 spiro atoms. The van der Waals surface area contributed by atoms with E-state index in [1.54, 1.807) is 25.1 Å². The van der Waals surface area contributed by atoms with E-state index in [1.165, 1.54) is 20.3 Å². The van der Waals surface area contributed by atoms with E-state index < -0.39 is 29.6 Å². The fourth-order valence-corrected chi connectivity index (χ4v) is 3.02. The summed E-state index contributed by atoms with van der Waals surface area (Å²) in [5.74, 6) is -1.10. The number of carbonyl (C=O) groups excluding carboxylic acids is 4. The summed E-state index contributed by atoms with van der Waals surface area (Å²) >= 11 is 0.727. The molecule has 1 fully saturated rings. The molecule has 1 heterocycles. The summed E-state index contributed by atoms with van der Waals surface area (Å²) in [6, 6.07) is 4.84. The van der Waals surface area contributed by atoms with Gasteiger partial charge in [0.15, 0.2) is 18.1 Å². The highest BCUT2D eigenvalue weighted by atomic mass is 32.2. The summed E-state index contributed by atoms with van der Waals surface area (Å²) in [6.45, 7) is 1.42. The van der Waals surface area contributed by atoms with E-state index in [-0.39, 0.29) is 11.5 Å². The van der Waals surface area contributed by atoms with E-state index in [9.17, 15) is 19.2 Å². The molecule has 1 aliphatic heterocycles. The Labute approximate surface area is 165 Å². The second-order valence-corrected chi connectivity index (χ2v) is 6.34. The summed E-state index contributed by atoms with van der Waals surface area (Å²) in [5, 5.41) is -0.551. The number of carbonyl (C=O) groups is 4. The highest BCUT2D eigenvalue weighted by Gasteiger charge is 2.36. The average molecular weight is 409 g/mol. The number of hydrogen-bond donors (Lipinski definition) is 0. The number of imide groups is 1. The fourth-order valence-electron chi connectivity index (χ4n) is 2.18. The number of benzene rings is 1. The van der Waals surface area contributed by atoms with Crippen molar-refractivity contribution in [1.82, 2.24) is 4.90 Å². The fraction of sp³-hybridized carbons (Fsp3) is 0.333. The molecule has 0 aromatic heterocycles. The normalized spacial score (nSPS) is 15.0. The van der Waals surface area contributed by atoms with Gasteiger partial charge in [-0.05, 0) is 42.5 Å². The van der Waals surface area contributed by atoms with Gasteiger partial charge in [-0.25, -0.2) is 4.79 Å². The van der Waals surface area contributed by atoms with Gasteiger partial charge in [-0.2, -0.15) is 0 Å². The topological polar surface area (TPSA) is 108 Å². The van der Waals surface area contributed by atoms with Gasteiger partial charge < -0.3 is 18.9 Å². The molecule has 0 aliphatic carbocycles. The Morgan fingerprint density at radius 2 is 1.79 bits per heavy atom. The predicted octanol–water partition coefficient (Wildman–Crippen LogP) is 1.85. The van der Waals surface area contributed by atoms with Gasteiger partial charge in [0.25, 0.3) is 11.1 Å². The van der Waals surface area contributed by atoms with Crippen LogP contribution in [0.1, 0.15) is 12.5 Å². The number of thioether (sulfide) groups is 1. The van der Waals surface area contributed by atoms with Gasteiger partial charge in [0, 0.05) is 0 Å². The van der Waals surface area contributed by atoms with Crippen LogP contribution in [0.15, 0.2) is 23.1 Å². The van der Waals surface area contributed by atoms with E-state index in [1.807, 2.05) is 0 Å². The van der Waals surface area contributed by atoms with Crippen molar-refractivity contribution < 1.29 is 38.1 Å². The third-order valence-corrected chi connectivity index (χ3v) is 4.43. The first-order valence-corrected chi connectivity index (χ1v) is 8.99. The minimum atomic E-state index is -0.686. The quantitative estimate of drug-likeness (QED) is 0.469. The van der Waals surface area contributed by atoms with Gasteiger partial charge in [-0.15, -0.1) is 0 Å². The molecule has 0 unspecified atom stereocenters. The number of amides is 2. The van der Waals surface area contributed by atoms with E-state index >= 15 is 0 Å². The van der Waals surface area contributed by atoms with Gasteiger partial charge >= 0.3 is 11.9 Å². The summed E-state index contributed by atoms with van der Waals surface area (Å²) in [5.41, 5.74) is 0.581. The first-order chi connectivity index (χ1) is 13.4. The minimum absolute atomic E-state index is 0.166. The number of methoxy groups -OCH3 is 2. The van der Waals surface area contributed by atoms with Crippen molar-refractivity contribution in [2.45, 2.75) is 6.92 Å². The molecule has 0 atom stereocenters. The smallest absolute Gasteiger partial charge is 0.343 e. The second kappa shape index (κ2) is 9.79. The van der Waals surface area contributed by atoms with Crippen LogP contribution in [-0.2, 0) is 23.9 Å². The largest absolute Gasteiger partial charge is 0.490 e. The van der Waals surface area contributed by atoms with Crippen LogP contribution in [0.4, 0.5) is 4.79 Å². The number of nitrogens with zero attached hydrogens (tertiary/aromatic N) is 1. The molecular formula is C18H19NO8S. The Bertz CT molecular complexity index is 820. The number of ether oxygens (including phenoxy) is 4. The van der Waals surface area contributed by atoms with Crippen molar-refractivity contribution in [3.63, 3.8) is 0 Å². The van der Waals surface area contributed by atoms with Crippen molar-refractivity contribution in [3.05, 3.63) is 28.7 Å². The van der Waals surface area contributed by atoms with Crippen LogP contribution >= 0.6 is 11.8 Å². The Morgan fingerprint density at radius 1 is 1.07 bits per heavy atom. The molecule has 1 aromatic carbocycles. The standard InChI is InChI=1S/C18H19NO8S/c1-4-26-13-7-11(5-6-12(13)27-10-16(21)25-3)8-14-17(22)19(18(23)28-14)9-15(20)24-2/h5-8H,4,9-10H2,1-3H3/b14-8+. The lowest BCUT2D eigenvalue weighted by atomic mass is 10.2. The third kappa shape index (κ3) is 5.26. The molecule has 1 aromatic rings. The predicted molar refractivity (Wildman–Crippen MR) is 99.8 cm³/mol. The summed E-state index contributed by atoms with van der Waals surface area (Å²) in [4.78, 5) is 47.9. The molecule has 150 valence electrons. The van der Waals surface area contributed by atoms with Crippen LogP contribution in [0, 0.1) is 0 Å².